The first-order valence-corrected chi connectivity index (χ1v) is 11.6. The quantitative estimate of drug-likeness (QED) is 0.467. The maximum absolute atomic E-state index is 13.3. The summed E-state index contributed by atoms with van der Waals surface area (Å²) in [5.74, 6) is 0.979. The number of hydrogen-bond donors (Lipinski definition) is 1. The molecule has 0 bridgehead atoms. The van der Waals surface area contributed by atoms with E-state index in [4.69, 9.17) is 9.47 Å². The van der Waals surface area contributed by atoms with Gasteiger partial charge in [-0.25, -0.2) is 0 Å². The molecule has 3 aromatic carbocycles. The second kappa shape index (κ2) is 10.4. The van der Waals surface area contributed by atoms with E-state index in [1.807, 2.05) is 73.7 Å². The van der Waals surface area contributed by atoms with E-state index in [0.717, 1.165) is 28.8 Å². The van der Waals surface area contributed by atoms with Crippen LogP contribution < -0.4 is 14.8 Å². The number of carbonyl (C=O) groups is 2. The lowest BCUT2D eigenvalue weighted by molar-refractivity contribution is -0.117. The number of nitrogens with one attached hydrogen (secondary N) is 1. The molecule has 0 saturated carbocycles. The zero-order valence-electron chi connectivity index (χ0n) is 19.8. The monoisotopic (exact) mass is 458 g/mol. The lowest BCUT2D eigenvalue weighted by Crippen LogP contribution is -2.32. The highest BCUT2D eigenvalue weighted by Crippen LogP contribution is 2.37. The van der Waals surface area contributed by atoms with E-state index < -0.39 is 6.04 Å². The maximum atomic E-state index is 13.3. The minimum Gasteiger partial charge on any atom is -0.493 e. The fourth-order valence-electron chi connectivity index (χ4n) is 4.43. The largest absolute Gasteiger partial charge is 0.493 e. The minimum absolute atomic E-state index is 0.0739. The fraction of sp³-hybridized carbons (Fsp3) is 0.286. The van der Waals surface area contributed by atoms with Gasteiger partial charge in [-0.15, -0.1) is 0 Å². The van der Waals surface area contributed by atoms with Gasteiger partial charge in [0.15, 0.2) is 11.5 Å². The summed E-state index contributed by atoms with van der Waals surface area (Å²) in [6.07, 6.45) is 0.935. The zero-order valence-corrected chi connectivity index (χ0v) is 19.8. The Kier molecular flexibility index (Phi) is 7.16. The number of carbonyl (C=O) groups excluding carboxylic acids is 2. The number of anilines is 1. The number of hydrogen-bond acceptors (Lipinski definition) is 4. The van der Waals surface area contributed by atoms with Gasteiger partial charge in [-0.1, -0.05) is 49.4 Å². The van der Waals surface area contributed by atoms with Crippen LogP contribution >= 0.6 is 0 Å². The summed E-state index contributed by atoms with van der Waals surface area (Å²) in [5.41, 5.74) is 4.34. The number of fused-ring (bicyclic) bond motifs is 1. The normalized spacial score (nSPS) is 13.4. The molecule has 1 aliphatic heterocycles. The SMILES string of the molecule is CCOc1ccc([C@@H](CC(=O)Nc2ccccc2CC)N2Cc3ccccc3C2=O)cc1OC. The summed E-state index contributed by atoms with van der Waals surface area (Å²) in [5, 5.41) is 3.05. The number of aryl methyl sites for hydroxylation is 1. The van der Waals surface area contributed by atoms with Crippen LogP contribution in [0.1, 0.15) is 53.4 Å². The van der Waals surface area contributed by atoms with Crippen LogP contribution in [0, 0.1) is 0 Å². The van der Waals surface area contributed by atoms with Gasteiger partial charge in [0.25, 0.3) is 5.91 Å². The van der Waals surface area contributed by atoms with E-state index in [9.17, 15) is 9.59 Å². The summed E-state index contributed by atoms with van der Waals surface area (Å²) < 4.78 is 11.2. The van der Waals surface area contributed by atoms with Crippen LogP contribution in [0.2, 0.25) is 0 Å². The van der Waals surface area contributed by atoms with Gasteiger partial charge >= 0.3 is 0 Å². The first kappa shape index (κ1) is 23.4. The zero-order chi connectivity index (χ0) is 24.1. The molecule has 3 aromatic rings. The minimum atomic E-state index is -0.460. The van der Waals surface area contributed by atoms with Gasteiger partial charge < -0.3 is 19.7 Å². The standard InChI is InChI=1S/C28H30N2O4/c1-4-19-10-7-9-13-23(19)29-27(31)17-24(20-14-15-25(34-5-2)26(16-20)33-3)30-18-21-11-6-8-12-22(21)28(30)32/h6-16,24H,4-5,17-18H2,1-3H3,(H,29,31)/t24-/m1/s1. The van der Waals surface area contributed by atoms with Gasteiger partial charge in [0, 0.05) is 17.8 Å². The summed E-state index contributed by atoms with van der Waals surface area (Å²) >= 11 is 0. The van der Waals surface area contributed by atoms with Crippen LogP contribution in [0.25, 0.3) is 0 Å². The molecule has 0 spiro atoms. The van der Waals surface area contributed by atoms with Crippen molar-refractivity contribution >= 4 is 17.5 Å². The molecule has 34 heavy (non-hydrogen) atoms. The van der Waals surface area contributed by atoms with Crippen LogP contribution in [-0.2, 0) is 17.8 Å². The number of para-hydroxylation sites is 1. The van der Waals surface area contributed by atoms with Gasteiger partial charge in [-0.3, -0.25) is 9.59 Å². The molecule has 0 radical (unpaired) electrons. The highest BCUT2D eigenvalue weighted by molar-refractivity contribution is 5.99. The molecule has 4 rings (SSSR count). The van der Waals surface area contributed by atoms with Crippen molar-refractivity contribution in [2.75, 3.05) is 19.0 Å². The Morgan fingerprint density at radius 3 is 2.53 bits per heavy atom. The number of benzene rings is 3. The number of rotatable bonds is 9. The molecule has 1 N–H and O–H groups in total. The Morgan fingerprint density at radius 1 is 1.03 bits per heavy atom. The number of methoxy groups -OCH3 is 1. The summed E-state index contributed by atoms with van der Waals surface area (Å²) in [7, 11) is 1.59. The number of amides is 2. The molecule has 6 nitrogen and oxygen atoms in total. The van der Waals surface area contributed by atoms with Crippen LogP contribution in [0.15, 0.2) is 66.7 Å². The molecule has 0 aliphatic carbocycles. The molecular formula is C28H30N2O4. The van der Waals surface area contributed by atoms with E-state index >= 15 is 0 Å². The Bertz CT molecular complexity index is 1190. The van der Waals surface area contributed by atoms with Crippen molar-refractivity contribution in [1.29, 1.82) is 0 Å². The second-order valence-corrected chi connectivity index (χ2v) is 8.21. The van der Waals surface area contributed by atoms with E-state index in [1.165, 1.54) is 0 Å². The van der Waals surface area contributed by atoms with Crippen LogP contribution in [-0.4, -0.2) is 30.4 Å². The van der Waals surface area contributed by atoms with Gasteiger partial charge in [-0.05, 0) is 54.3 Å². The molecule has 1 heterocycles. The van der Waals surface area contributed by atoms with Crippen molar-refractivity contribution < 1.29 is 19.1 Å². The van der Waals surface area contributed by atoms with Gasteiger partial charge in [0.05, 0.1) is 26.2 Å². The van der Waals surface area contributed by atoms with Crippen LogP contribution in [0.4, 0.5) is 5.69 Å². The second-order valence-electron chi connectivity index (χ2n) is 8.21. The Hall–Kier alpha value is -3.80. The van der Waals surface area contributed by atoms with Crippen LogP contribution in [0.5, 0.6) is 11.5 Å². The highest BCUT2D eigenvalue weighted by atomic mass is 16.5. The van der Waals surface area contributed by atoms with Crippen molar-refractivity contribution in [3.05, 3.63) is 89.0 Å². The summed E-state index contributed by atoms with van der Waals surface area (Å²) in [6, 6.07) is 20.5. The predicted molar refractivity (Wildman–Crippen MR) is 132 cm³/mol. The number of ether oxygens (including phenoxy) is 2. The molecule has 176 valence electrons. The topological polar surface area (TPSA) is 67.9 Å². The average molecular weight is 459 g/mol. The molecule has 0 saturated heterocycles. The smallest absolute Gasteiger partial charge is 0.255 e. The lowest BCUT2D eigenvalue weighted by Gasteiger charge is -2.28. The molecule has 0 fully saturated rings. The summed E-state index contributed by atoms with van der Waals surface area (Å²) in [6.45, 7) is 4.93. The fourth-order valence-corrected chi connectivity index (χ4v) is 4.43. The Morgan fingerprint density at radius 2 is 1.79 bits per heavy atom. The average Bonchev–Trinajstić information content (AvgIpc) is 3.19. The van der Waals surface area contributed by atoms with Gasteiger partial charge in [0.1, 0.15) is 0 Å². The Labute approximate surface area is 200 Å². The van der Waals surface area contributed by atoms with Crippen LogP contribution in [0.3, 0.4) is 0 Å². The lowest BCUT2D eigenvalue weighted by atomic mass is 10.0. The first-order valence-electron chi connectivity index (χ1n) is 11.6. The maximum Gasteiger partial charge on any atom is 0.255 e. The van der Waals surface area contributed by atoms with E-state index in [1.54, 1.807) is 12.0 Å². The molecule has 1 aliphatic rings. The van der Waals surface area contributed by atoms with E-state index in [0.29, 0.717) is 30.2 Å². The van der Waals surface area contributed by atoms with Gasteiger partial charge in [0.2, 0.25) is 5.91 Å². The highest BCUT2D eigenvalue weighted by Gasteiger charge is 2.35. The third-order valence-electron chi connectivity index (χ3n) is 6.15. The molecule has 6 heteroatoms. The molecular weight excluding hydrogens is 428 g/mol. The van der Waals surface area contributed by atoms with Gasteiger partial charge in [-0.2, -0.15) is 0 Å². The summed E-state index contributed by atoms with van der Waals surface area (Å²) in [4.78, 5) is 28.3. The van der Waals surface area contributed by atoms with Crippen molar-refractivity contribution in [2.24, 2.45) is 0 Å². The third kappa shape index (κ3) is 4.76. The van der Waals surface area contributed by atoms with Crippen molar-refractivity contribution in [1.82, 2.24) is 4.90 Å². The number of nitrogens with zero attached hydrogens (tertiary/aromatic N) is 1. The van der Waals surface area contributed by atoms with Crippen molar-refractivity contribution in [3.8, 4) is 11.5 Å². The first-order chi connectivity index (χ1) is 16.5. The third-order valence-corrected chi connectivity index (χ3v) is 6.15. The van der Waals surface area contributed by atoms with E-state index in [-0.39, 0.29) is 18.2 Å². The Balaban J connectivity index is 1.66. The molecule has 0 unspecified atom stereocenters. The van der Waals surface area contributed by atoms with E-state index in [2.05, 4.69) is 12.2 Å². The van der Waals surface area contributed by atoms with Crippen molar-refractivity contribution in [3.63, 3.8) is 0 Å². The van der Waals surface area contributed by atoms with Crippen molar-refractivity contribution in [2.45, 2.75) is 39.3 Å². The molecule has 1 atom stereocenters. The predicted octanol–water partition coefficient (Wildman–Crippen LogP) is 5.38. The molecule has 2 amide bonds. The molecule has 0 aromatic heterocycles.